The van der Waals surface area contributed by atoms with Crippen LogP contribution in [0.15, 0.2) is 18.3 Å². The van der Waals surface area contributed by atoms with E-state index in [-0.39, 0.29) is 0 Å². The zero-order valence-electron chi connectivity index (χ0n) is 10.3. The van der Waals surface area contributed by atoms with Crippen molar-refractivity contribution in [3.05, 3.63) is 29.5 Å². The fourth-order valence-electron chi connectivity index (χ4n) is 2.03. The van der Waals surface area contributed by atoms with Crippen molar-refractivity contribution in [2.24, 2.45) is 0 Å². The molecule has 0 radical (unpaired) electrons. The van der Waals surface area contributed by atoms with Gasteiger partial charge in [-0.15, -0.1) is 0 Å². The summed E-state index contributed by atoms with van der Waals surface area (Å²) < 4.78 is 9.46. The summed E-state index contributed by atoms with van der Waals surface area (Å²) >= 11 is 0. The number of fused-ring (bicyclic) bond motifs is 1. The third kappa shape index (κ3) is 3.04. The average Bonchev–Trinajstić information content (AvgIpc) is 2.62. The maximum absolute atomic E-state index is 5.32. The van der Waals surface area contributed by atoms with Gasteiger partial charge in [0, 0.05) is 18.1 Å². The van der Waals surface area contributed by atoms with Crippen LogP contribution in [0.25, 0.3) is 10.9 Å². The molecule has 0 spiro atoms. The number of aromatic nitrogens is 1. The molecule has 4 atom stereocenters. The molecular weight excluding hydrogens is 300 g/mol. The molecule has 2 rings (SSSR count). The standard InChI is InChI=1S/C11H18N2OP4/c1-7-4-10-9(5-11(7)14-18)8(6-12(10)15)2-3-13(16)17/h4-6H,2-3,15-18H2,1H3. The van der Waals surface area contributed by atoms with Crippen molar-refractivity contribution in [1.82, 2.24) is 8.78 Å². The number of hydrogen-bond acceptors (Lipinski definition) is 2. The topological polar surface area (TPSA) is 17.4 Å². The van der Waals surface area contributed by atoms with Gasteiger partial charge in [-0.25, -0.2) is 0 Å². The third-order valence-electron chi connectivity index (χ3n) is 2.98. The van der Waals surface area contributed by atoms with E-state index in [9.17, 15) is 0 Å². The van der Waals surface area contributed by atoms with Crippen molar-refractivity contribution in [3.63, 3.8) is 0 Å². The Balaban J connectivity index is 2.47. The van der Waals surface area contributed by atoms with Gasteiger partial charge in [0.2, 0.25) is 0 Å². The number of hydrogen-bond donors (Lipinski definition) is 0. The normalized spacial score (nSPS) is 11.4. The molecule has 1 aromatic heterocycles. The Kier molecular flexibility index (Phi) is 4.99. The molecule has 0 aliphatic carbocycles. The van der Waals surface area contributed by atoms with Gasteiger partial charge in [0.1, 0.15) is 5.75 Å². The summed E-state index contributed by atoms with van der Waals surface area (Å²) in [6.07, 6.45) is 3.17. The van der Waals surface area contributed by atoms with E-state index in [1.165, 1.54) is 16.5 Å². The first-order valence-corrected chi connectivity index (χ1v) is 7.58. The molecule has 0 bridgehead atoms. The summed E-state index contributed by atoms with van der Waals surface area (Å²) in [7, 11) is 10.4. The zero-order chi connectivity index (χ0) is 13.3. The minimum atomic E-state index is 0.915. The average molecular weight is 318 g/mol. The second-order valence-corrected chi connectivity index (χ2v) is 7.02. The predicted molar refractivity (Wildman–Crippen MR) is 92.0 cm³/mol. The van der Waals surface area contributed by atoms with E-state index >= 15 is 0 Å². The highest BCUT2D eigenvalue weighted by Gasteiger charge is 2.10. The molecule has 2 aromatic rings. The van der Waals surface area contributed by atoms with Crippen molar-refractivity contribution in [3.8, 4) is 5.75 Å². The van der Waals surface area contributed by atoms with Crippen LogP contribution in [-0.4, -0.2) is 15.3 Å². The van der Waals surface area contributed by atoms with Crippen molar-refractivity contribution in [2.75, 3.05) is 6.54 Å². The summed E-state index contributed by atoms with van der Waals surface area (Å²) in [6.45, 7) is 3.04. The van der Waals surface area contributed by atoms with Crippen molar-refractivity contribution in [2.45, 2.75) is 13.3 Å². The molecule has 3 nitrogen and oxygen atoms in total. The summed E-state index contributed by atoms with van der Waals surface area (Å²) in [4.78, 5) is 0. The van der Waals surface area contributed by atoms with E-state index in [0.29, 0.717) is 0 Å². The molecule has 7 heteroatoms. The van der Waals surface area contributed by atoms with Crippen LogP contribution in [0.1, 0.15) is 11.1 Å². The second-order valence-electron chi connectivity index (χ2n) is 4.30. The second kappa shape index (κ2) is 6.13. The SMILES string of the molecule is Cc1cc2c(cc1OP)c(CCN(P)P)cn2P. The molecule has 0 aliphatic rings. The molecule has 4 unspecified atom stereocenters. The number of rotatable bonds is 4. The maximum Gasteiger partial charge on any atom is 0.126 e. The van der Waals surface area contributed by atoms with E-state index < -0.39 is 0 Å². The Hall–Kier alpha value is 0.240. The molecule has 1 aromatic carbocycles. The predicted octanol–water partition coefficient (Wildman–Crippen LogP) is 3.18. The first kappa shape index (κ1) is 14.6. The van der Waals surface area contributed by atoms with Gasteiger partial charge in [-0.05, 0) is 46.0 Å². The van der Waals surface area contributed by atoms with Gasteiger partial charge in [0.05, 0.1) is 15.0 Å². The van der Waals surface area contributed by atoms with Crippen LogP contribution in [-0.2, 0) is 6.42 Å². The maximum atomic E-state index is 5.32. The lowest BCUT2D eigenvalue weighted by atomic mass is 10.1. The molecule has 0 aliphatic heterocycles. The van der Waals surface area contributed by atoms with Crippen LogP contribution in [0.2, 0.25) is 0 Å². The highest BCUT2D eigenvalue weighted by atomic mass is 31.1. The minimum absolute atomic E-state index is 0.915. The molecule has 0 fully saturated rings. The van der Waals surface area contributed by atoms with Gasteiger partial charge in [0.25, 0.3) is 0 Å². The number of aryl methyl sites for hydroxylation is 1. The molecule has 0 amide bonds. The van der Waals surface area contributed by atoms with Gasteiger partial charge >= 0.3 is 0 Å². The molecule has 0 saturated heterocycles. The Morgan fingerprint density at radius 1 is 1.33 bits per heavy atom. The van der Waals surface area contributed by atoms with Gasteiger partial charge < -0.3 is 8.86 Å². The Morgan fingerprint density at radius 2 is 2.06 bits per heavy atom. The zero-order valence-corrected chi connectivity index (χ0v) is 14.9. The van der Waals surface area contributed by atoms with Gasteiger partial charge in [-0.1, -0.05) is 18.8 Å². The van der Waals surface area contributed by atoms with E-state index in [4.69, 9.17) is 4.52 Å². The molecular formula is C11H18N2OP4. The van der Waals surface area contributed by atoms with Crippen molar-refractivity contribution in [1.29, 1.82) is 0 Å². The highest BCUT2D eigenvalue weighted by molar-refractivity contribution is 7.30. The summed E-state index contributed by atoms with van der Waals surface area (Å²) in [6, 6.07) is 4.27. The van der Waals surface area contributed by atoms with Crippen LogP contribution in [0.3, 0.4) is 0 Å². The number of nitrogens with zero attached hydrogens (tertiary/aromatic N) is 2. The summed E-state index contributed by atoms with van der Waals surface area (Å²) in [5.74, 6) is 0.915. The molecule has 98 valence electrons. The van der Waals surface area contributed by atoms with Gasteiger partial charge in [0.15, 0.2) is 0 Å². The van der Waals surface area contributed by atoms with Gasteiger partial charge in [-0.3, -0.25) is 4.44 Å². The van der Waals surface area contributed by atoms with Crippen LogP contribution in [0.5, 0.6) is 5.75 Å². The van der Waals surface area contributed by atoms with E-state index in [1.807, 2.05) is 4.44 Å². The van der Waals surface area contributed by atoms with E-state index in [1.54, 1.807) is 0 Å². The van der Waals surface area contributed by atoms with Gasteiger partial charge in [-0.2, -0.15) is 0 Å². The fourth-order valence-corrected chi connectivity index (χ4v) is 2.93. The first-order chi connectivity index (χ1) is 8.52. The van der Waals surface area contributed by atoms with Crippen LogP contribution >= 0.6 is 37.6 Å². The van der Waals surface area contributed by atoms with Crippen LogP contribution < -0.4 is 4.52 Å². The lowest BCUT2D eigenvalue weighted by Crippen LogP contribution is -2.01. The fraction of sp³-hybridized carbons (Fsp3) is 0.273. The Bertz CT molecular complexity index is 568. The van der Waals surface area contributed by atoms with E-state index in [0.717, 1.165) is 24.3 Å². The largest absolute Gasteiger partial charge is 0.480 e. The smallest absolute Gasteiger partial charge is 0.126 e. The summed E-state index contributed by atoms with van der Waals surface area (Å²) in [5.41, 5.74) is 3.69. The first-order valence-electron chi connectivity index (χ1n) is 5.56. The van der Waals surface area contributed by atoms with Crippen molar-refractivity contribution >= 4 is 48.5 Å². The monoisotopic (exact) mass is 318 g/mol. The quantitative estimate of drug-likeness (QED) is 0.806. The molecule has 18 heavy (non-hydrogen) atoms. The molecule has 1 heterocycles. The van der Waals surface area contributed by atoms with Crippen LogP contribution in [0, 0.1) is 6.92 Å². The Morgan fingerprint density at radius 3 is 2.67 bits per heavy atom. The highest BCUT2D eigenvalue weighted by Crippen LogP contribution is 2.31. The number of benzene rings is 1. The minimum Gasteiger partial charge on any atom is -0.480 e. The molecule has 0 N–H and O–H groups in total. The summed E-state index contributed by atoms with van der Waals surface area (Å²) in [5, 5.41) is 1.25. The van der Waals surface area contributed by atoms with E-state index in [2.05, 4.69) is 67.2 Å². The third-order valence-corrected chi connectivity index (χ3v) is 4.18. The van der Waals surface area contributed by atoms with Crippen LogP contribution in [0.4, 0.5) is 0 Å². The van der Waals surface area contributed by atoms with Crippen molar-refractivity contribution < 1.29 is 4.52 Å². The lowest BCUT2D eigenvalue weighted by Gasteiger charge is -2.08. The molecule has 0 saturated carbocycles. The lowest BCUT2D eigenvalue weighted by molar-refractivity contribution is 0.641. The Labute approximate surface area is 117 Å².